The van der Waals surface area contributed by atoms with Gasteiger partial charge in [-0.1, -0.05) is 0 Å². The predicted octanol–water partition coefficient (Wildman–Crippen LogP) is 0.310. The second-order valence-electron chi connectivity index (χ2n) is 3.71. The van der Waals surface area contributed by atoms with Gasteiger partial charge in [-0.15, -0.1) is 0 Å². The standard InChI is InChI=1S/C12H16N2O5/c1-18-7-5-9(12(16)17)14-10(15)8-4-3-6-13-11(8)19-2/h3-4,6,9H,5,7H2,1-2H3,(H,14,15)(H,16,17). The zero-order chi connectivity index (χ0) is 14.3. The molecule has 7 heteroatoms. The number of carbonyl (C=O) groups excluding carboxylic acids is 1. The van der Waals surface area contributed by atoms with Crippen molar-refractivity contribution in [1.82, 2.24) is 10.3 Å². The fraction of sp³-hybridized carbons (Fsp3) is 0.417. The first kappa shape index (κ1) is 14.9. The number of aliphatic carboxylic acids is 1. The SMILES string of the molecule is COCCC(NC(=O)c1cccnc1OC)C(=O)O. The summed E-state index contributed by atoms with van der Waals surface area (Å²) in [6.07, 6.45) is 1.66. The third kappa shape index (κ3) is 4.22. The molecular weight excluding hydrogens is 252 g/mol. The molecule has 0 bridgehead atoms. The molecule has 1 rings (SSSR count). The number of carboxylic acid groups (broad SMARTS) is 1. The van der Waals surface area contributed by atoms with E-state index in [2.05, 4.69) is 10.3 Å². The highest BCUT2D eigenvalue weighted by molar-refractivity contribution is 5.98. The summed E-state index contributed by atoms with van der Waals surface area (Å²) in [4.78, 5) is 26.9. The van der Waals surface area contributed by atoms with Crippen LogP contribution in [-0.4, -0.2) is 48.8 Å². The Morgan fingerprint density at radius 3 is 2.79 bits per heavy atom. The van der Waals surface area contributed by atoms with Gasteiger partial charge < -0.3 is 19.9 Å². The van der Waals surface area contributed by atoms with Crippen LogP contribution < -0.4 is 10.1 Å². The van der Waals surface area contributed by atoms with Crippen molar-refractivity contribution in [3.63, 3.8) is 0 Å². The van der Waals surface area contributed by atoms with Crippen LogP contribution in [-0.2, 0) is 9.53 Å². The smallest absolute Gasteiger partial charge is 0.326 e. The van der Waals surface area contributed by atoms with Crippen LogP contribution in [0.4, 0.5) is 0 Å². The number of methoxy groups -OCH3 is 2. The fourth-order valence-corrected chi connectivity index (χ4v) is 1.46. The highest BCUT2D eigenvalue weighted by atomic mass is 16.5. The summed E-state index contributed by atoms with van der Waals surface area (Å²) < 4.78 is 9.75. The lowest BCUT2D eigenvalue weighted by Gasteiger charge is -2.14. The van der Waals surface area contributed by atoms with Crippen molar-refractivity contribution in [3.05, 3.63) is 23.9 Å². The maximum atomic E-state index is 12.0. The molecule has 1 unspecified atom stereocenters. The summed E-state index contributed by atoms with van der Waals surface area (Å²) in [7, 11) is 2.85. The van der Waals surface area contributed by atoms with Gasteiger partial charge in [-0.3, -0.25) is 4.79 Å². The maximum absolute atomic E-state index is 12.0. The van der Waals surface area contributed by atoms with Gasteiger partial charge in [-0.2, -0.15) is 0 Å². The minimum atomic E-state index is -1.12. The Bertz CT molecular complexity index is 450. The molecule has 7 nitrogen and oxygen atoms in total. The molecule has 2 N–H and O–H groups in total. The molecule has 0 aromatic carbocycles. The molecular formula is C12H16N2O5. The number of nitrogens with zero attached hydrogens (tertiary/aromatic N) is 1. The average Bonchev–Trinajstić information content (AvgIpc) is 2.42. The van der Waals surface area contributed by atoms with Crippen LogP contribution in [0.1, 0.15) is 16.8 Å². The van der Waals surface area contributed by atoms with E-state index in [1.54, 1.807) is 6.07 Å². The van der Waals surface area contributed by atoms with Crippen LogP contribution in [0.25, 0.3) is 0 Å². The number of amides is 1. The molecule has 0 aliphatic carbocycles. The van der Waals surface area contributed by atoms with Gasteiger partial charge in [-0.25, -0.2) is 9.78 Å². The highest BCUT2D eigenvalue weighted by Crippen LogP contribution is 2.13. The molecule has 104 valence electrons. The van der Waals surface area contributed by atoms with Gasteiger partial charge >= 0.3 is 5.97 Å². The van der Waals surface area contributed by atoms with Crippen molar-refractivity contribution in [2.75, 3.05) is 20.8 Å². The van der Waals surface area contributed by atoms with E-state index in [9.17, 15) is 9.59 Å². The van der Waals surface area contributed by atoms with E-state index in [1.165, 1.54) is 26.5 Å². The molecule has 0 fully saturated rings. The number of rotatable bonds is 7. The summed E-state index contributed by atoms with van der Waals surface area (Å²) in [6, 6.07) is 2.07. The lowest BCUT2D eigenvalue weighted by atomic mass is 10.2. The van der Waals surface area contributed by atoms with Gasteiger partial charge in [0.1, 0.15) is 11.6 Å². The van der Waals surface area contributed by atoms with Gasteiger partial charge in [0.05, 0.1) is 7.11 Å². The van der Waals surface area contributed by atoms with Crippen molar-refractivity contribution in [2.24, 2.45) is 0 Å². The highest BCUT2D eigenvalue weighted by Gasteiger charge is 2.22. The molecule has 1 amide bonds. The van der Waals surface area contributed by atoms with Gasteiger partial charge in [-0.05, 0) is 12.1 Å². The number of pyridine rings is 1. The Hall–Kier alpha value is -2.15. The number of hydrogen-bond donors (Lipinski definition) is 2. The summed E-state index contributed by atoms with van der Waals surface area (Å²) in [5.41, 5.74) is 0.189. The first-order chi connectivity index (χ1) is 9.10. The van der Waals surface area contributed by atoms with Crippen LogP contribution in [0, 0.1) is 0 Å². The van der Waals surface area contributed by atoms with E-state index in [-0.39, 0.29) is 24.5 Å². The van der Waals surface area contributed by atoms with Gasteiger partial charge in [0.2, 0.25) is 5.88 Å². The summed E-state index contributed by atoms with van der Waals surface area (Å²) in [6.45, 7) is 0.238. The quantitative estimate of drug-likeness (QED) is 0.738. The van der Waals surface area contributed by atoms with E-state index in [0.29, 0.717) is 0 Å². The van der Waals surface area contributed by atoms with Gasteiger partial charge in [0.15, 0.2) is 0 Å². The van der Waals surface area contributed by atoms with E-state index < -0.39 is 17.9 Å². The third-order valence-electron chi connectivity index (χ3n) is 2.42. The van der Waals surface area contributed by atoms with Crippen LogP contribution in [0.2, 0.25) is 0 Å². The number of carboxylic acids is 1. The zero-order valence-electron chi connectivity index (χ0n) is 10.8. The zero-order valence-corrected chi connectivity index (χ0v) is 10.8. The molecule has 0 saturated heterocycles. The molecule has 0 aliphatic heterocycles. The van der Waals surface area contributed by atoms with E-state index in [4.69, 9.17) is 14.6 Å². The van der Waals surface area contributed by atoms with Crippen molar-refractivity contribution in [1.29, 1.82) is 0 Å². The lowest BCUT2D eigenvalue weighted by molar-refractivity contribution is -0.139. The van der Waals surface area contributed by atoms with Crippen LogP contribution >= 0.6 is 0 Å². The van der Waals surface area contributed by atoms with E-state index >= 15 is 0 Å². The first-order valence-corrected chi connectivity index (χ1v) is 5.61. The molecule has 0 aliphatic rings. The molecule has 1 aromatic rings. The average molecular weight is 268 g/mol. The monoisotopic (exact) mass is 268 g/mol. The summed E-state index contributed by atoms with van der Waals surface area (Å²) in [5.74, 6) is -1.52. The second-order valence-corrected chi connectivity index (χ2v) is 3.71. The summed E-state index contributed by atoms with van der Waals surface area (Å²) >= 11 is 0. The molecule has 0 radical (unpaired) electrons. The normalized spacial score (nSPS) is 11.7. The summed E-state index contributed by atoms with van der Waals surface area (Å²) in [5, 5.41) is 11.4. The minimum Gasteiger partial charge on any atom is -0.480 e. The molecule has 1 atom stereocenters. The second kappa shape index (κ2) is 7.32. The molecule has 0 spiro atoms. The third-order valence-corrected chi connectivity index (χ3v) is 2.42. The van der Waals surface area contributed by atoms with Crippen molar-refractivity contribution in [2.45, 2.75) is 12.5 Å². The molecule has 1 heterocycles. The van der Waals surface area contributed by atoms with Crippen LogP contribution in [0.3, 0.4) is 0 Å². The Kier molecular flexibility index (Phi) is 5.74. The first-order valence-electron chi connectivity index (χ1n) is 5.61. The number of carbonyl (C=O) groups is 2. The Balaban J connectivity index is 2.78. The van der Waals surface area contributed by atoms with Crippen LogP contribution in [0.5, 0.6) is 5.88 Å². The Morgan fingerprint density at radius 2 is 2.21 bits per heavy atom. The Labute approximate surface area is 110 Å². The molecule has 0 saturated carbocycles. The van der Waals surface area contributed by atoms with Crippen molar-refractivity contribution < 1.29 is 24.2 Å². The fourth-order valence-electron chi connectivity index (χ4n) is 1.46. The topological polar surface area (TPSA) is 97.8 Å². The molecule has 1 aromatic heterocycles. The van der Waals surface area contributed by atoms with Crippen LogP contribution in [0.15, 0.2) is 18.3 Å². The van der Waals surface area contributed by atoms with Gasteiger partial charge in [0.25, 0.3) is 5.91 Å². The van der Waals surface area contributed by atoms with Gasteiger partial charge in [0, 0.05) is 26.3 Å². The predicted molar refractivity (Wildman–Crippen MR) is 66.2 cm³/mol. The van der Waals surface area contributed by atoms with Crippen molar-refractivity contribution in [3.8, 4) is 5.88 Å². The van der Waals surface area contributed by atoms with E-state index in [1.807, 2.05) is 0 Å². The number of aromatic nitrogens is 1. The Morgan fingerprint density at radius 1 is 1.47 bits per heavy atom. The van der Waals surface area contributed by atoms with Crippen molar-refractivity contribution >= 4 is 11.9 Å². The number of nitrogens with one attached hydrogen (secondary N) is 1. The maximum Gasteiger partial charge on any atom is 0.326 e. The lowest BCUT2D eigenvalue weighted by Crippen LogP contribution is -2.41. The number of hydrogen-bond acceptors (Lipinski definition) is 5. The number of ether oxygens (including phenoxy) is 2. The molecule has 19 heavy (non-hydrogen) atoms. The minimum absolute atomic E-state index is 0.149. The van der Waals surface area contributed by atoms with E-state index in [0.717, 1.165) is 0 Å². The largest absolute Gasteiger partial charge is 0.480 e.